The molecule has 19 heavy (non-hydrogen) atoms. The molecule has 1 atom stereocenters. The van der Waals surface area contributed by atoms with Crippen LogP contribution in [0.4, 0.5) is 0 Å². The molecule has 0 aliphatic carbocycles. The van der Waals surface area contributed by atoms with Crippen LogP contribution >= 0.6 is 0 Å². The van der Waals surface area contributed by atoms with Crippen molar-refractivity contribution in [1.29, 1.82) is 0 Å². The number of carbonyl (C=O) groups excluding carboxylic acids is 1. The second-order valence-electron chi connectivity index (χ2n) is 5.43. The maximum Gasteiger partial charge on any atom is 0.333 e. The molecule has 0 amide bonds. The topological polar surface area (TPSA) is 26.3 Å². The van der Waals surface area contributed by atoms with Gasteiger partial charge in [-0.3, -0.25) is 0 Å². The van der Waals surface area contributed by atoms with E-state index in [2.05, 4.69) is 27.4 Å². The number of hydrogen-bond donors (Lipinski definition) is 0. The predicted octanol–water partition coefficient (Wildman–Crippen LogP) is 5.27. The maximum atomic E-state index is 11.8. The van der Waals surface area contributed by atoms with Crippen molar-refractivity contribution in [3.63, 3.8) is 0 Å². The summed E-state index contributed by atoms with van der Waals surface area (Å²) in [5.74, 6) is 0.322. The maximum absolute atomic E-state index is 11.8. The molecule has 0 heterocycles. The van der Waals surface area contributed by atoms with Crippen molar-refractivity contribution in [2.24, 2.45) is 5.92 Å². The smallest absolute Gasteiger partial charge is 0.333 e. The molecule has 0 saturated carbocycles. The SMILES string of the molecule is C=C(CCCCCC)C(=O)OCC(CC)CCCC. The average Bonchev–Trinajstić information content (AvgIpc) is 2.43. The van der Waals surface area contributed by atoms with Crippen LogP contribution in [0.3, 0.4) is 0 Å². The molecule has 0 aliphatic rings. The first-order valence-corrected chi connectivity index (χ1v) is 8.00. The molecule has 0 aliphatic heterocycles. The third-order valence-corrected chi connectivity index (χ3v) is 3.61. The van der Waals surface area contributed by atoms with Crippen molar-refractivity contribution in [3.05, 3.63) is 12.2 Å². The van der Waals surface area contributed by atoms with Crippen molar-refractivity contribution in [1.82, 2.24) is 0 Å². The standard InChI is InChI=1S/C17H32O2/c1-5-8-10-11-12-15(4)17(18)19-14-16(7-3)13-9-6-2/h16H,4-14H2,1-3H3. The van der Waals surface area contributed by atoms with Crippen LogP contribution in [0.25, 0.3) is 0 Å². The van der Waals surface area contributed by atoms with Crippen LogP contribution < -0.4 is 0 Å². The molecule has 1 unspecified atom stereocenters. The highest BCUT2D eigenvalue weighted by Gasteiger charge is 2.12. The van der Waals surface area contributed by atoms with Crippen LogP contribution in [0.1, 0.15) is 78.6 Å². The Balaban J connectivity index is 3.78. The summed E-state index contributed by atoms with van der Waals surface area (Å²) in [7, 11) is 0. The van der Waals surface area contributed by atoms with E-state index in [1.807, 2.05) is 0 Å². The Labute approximate surface area is 119 Å². The molecule has 0 N–H and O–H groups in total. The Morgan fingerprint density at radius 3 is 2.32 bits per heavy atom. The first kappa shape index (κ1) is 18.2. The first-order valence-electron chi connectivity index (χ1n) is 8.00. The zero-order valence-corrected chi connectivity index (χ0v) is 13.2. The van der Waals surface area contributed by atoms with E-state index in [1.165, 1.54) is 32.1 Å². The molecule has 0 aromatic heterocycles. The normalized spacial score (nSPS) is 12.2. The zero-order chi connectivity index (χ0) is 14.5. The molecule has 2 nitrogen and oxygen atoms in total. The minimum absolute atomic E-state index is 0.188. The van der Waals surface area contributed by atoms with Crippen molar-refractivity contribution >= 4 is 5.97 Å². The van der Waals surface area contributed by atoms with Crippen LogP contribution in [-0.2, 0) is 9.53 Å². The van der Waals surface area contributed by atoms with E-state index in [0.717, 1.165) is 25.7 Å². The summed E-state index contributed by atoms with van der Waals surface area (Å²) in [5, 5.41) is 0. The highest BCUT2D eigenvalue weighted by atomic mass is 16.5. The fourth-order valence-electron chi connectivity index (χ4n) is 2.06. The van der Waals surface area contributed by atoms with Crippen molar-refractivity contribution in [2.75, 3.05) is 6.61 Å². The van der Waals surface area contributed by atoms with Crippen LogP contribution in [0, 0.1) is 5.92 Å². The average molecular weight is 268 g/mol. The summed E-state index contributed by atoms with van der Waals surface area (Å²) >= 11 is 0. The van der Waals surface area contributed by atoms with Crippen LogP contribution in [0.5, 0.6) is 0 Å². The van der Waals surface area contributed by atoms with Crippen molar-refractivity contribution in [2.45, 2.75) is 78.6 Å². The monoisotopic (exact) mass is 268 g/mol. The summed E-state index contributed by atoms with van der Waals surface area (Å²) in [5.41, 5.74) is 0.640. The van der Waals surface area contributed by atoms with E-state index in [0.29, 0.717) is 18.1 Å². The minimum Gasteiger partial charge on any atom is -0.462 e. The Morgan fingerprint density at radius 1 is 1.05 bits per heavy atom. The van der Waals surface area contributed by atoms with Gasteiger partial charge in [-0.15, -0.1) is 0 Å². The van der Waals surface area contributed by atoms with Crippen molar-refractivity contribution < 1.29 is 9.53 Å². The molecule has 0 radical (unpaired) electrons. The lowest BCUT2D eigenvalue weighted by atomic mass is 10.0. The number of hydrogen-bond acceptors (Lipinski definition) is 2. The van der Waals surface area contributed by atoms with E-state index >= 15 is 0 Å². The Morgan fingerprint density at radius 2 is 1.74 bits per heavy atom. The molecule has 112 valence electrons. The third kappa shape index (κ3) is 9.75. The van der Waals surface area contributed by atoms with Gasteiger partial charge >= 0.3 is 5.97 Å². The summed E-state index contributed by atoms with van der Waals surface area (Å²) in [4.78, 5) is 11.8. The predicted molar refractivity (Wildman–Crippen MR) is 82.2 cm³/mol. The number of rotatable bonds is 12. The lowest BCUT2D eigenvalue weighted by Gasteiger charge is -2.15. The van der Waals surface area contributed by atoms with Gasteiger partial charge in [0.25, 0.3) is 0 Å². The zero-order valence-electron chi connectivity index (χ0n) is 13.2. The van der Waals surface area contributed by atoms with Gasteiger partial charge in [-0.25, -0.2) is 4.79 Å². The second kappa shape index (κ2) is 12.3. The number of carbonyl (C=O) groups is 1. The first-order chi connectivity index (χ1) is 9.15. The van der Waals surface area contributed by atoms with Gasteiger partial charge in [0.2, 0.25) is 0 Å². The van der Waals surface area contributed by atoms with Crippen LogP contribution in [0.2, 0.25) is 0 Å². The molecule has 0 fully saturated rings. The highest BCUT2D eigenvalue weighted by molar-refractivity contribution is 5.87. The third-order valence-electron chi connectivity index (χ3n) is 3.61. The van der Waals surface area contributed by atoms with Gasteiger partial charge in [0.15, 0.2) is 0 Å². The molecule has 0 rings (SSSR count). The van der Waals surface area contributed by atoms with Gasteiger partial charge in [-0.2, -0.15) is 0 Å². The molecule has 0 spiro atoms. The molecular formula is C17H32O2. The lowest BCUT2D eigenvalue weighted by molar-refractivity contribution is -0.140. The quantitative estimate of drug-likeness (QED) is 0.274. The summed E-state index contributed by atoms with van der Waals surface area (Å²) < 4.78 is 5.37. The van der Waals surface area contributed by atoms with Gasteiger partial charge < -0.3 is 4.74 Å². The fraction of sp³-hybridized carbons (Fsp3) is 0.824. The van der Waals surface area contributed by atoms with E-state index in [-0.39, 0.29) is 5.97 Å². The van der Waals surface area contributed by atoms with Gasteiger partial charge in [0.05, 0.1) is 6.61 Å². The number of unbranched alkanes of at least 4 members (excludes halogenated alkanes) is 4. The molecule has 0 aromatic carbocycles. The minimum atomic E-state index is -0.188. The van der Waals surface area contributed by atoms with E-state index in [9.17, 15) is 4.79 Å². The largest absolute Gasteiger partial charge is 0.462 e. The second-order valence-corrected chi connectivity index (χ2v) is 5.43. The van der Waals surface area contributed by atoms with Crippen LogP contribution in [0.15, 0.2) is 12.2 Å². The van der Waals surface area contributed by atoms with E-state index in [4.69, 9.17) is 4.74 Å². The molecule has 0 saturated heterocycles. The van der Waals surface area contributed by atoms with Crippen molar-refractivity contribution in [3.8, 4) is 0 Å². The molecule has 0 aromatic rings. The van der Waals surface area contributed by atoms with Gasteiger partial charge in [-0.05, 0) is 25.2 Å². The summed E-state index contributed by atoms with van der Waals surface area (Å²) in [6, 6.07) is 0. The highest BCUT2D eigenvalue weighted by Crippen LogP contribution is 2.15. The molecule has 0 bridgehead atoms. The van der Waals surface area contributed by atoms with Gasteiger partial charge in [0, 0.05) is 5.57 Å². The Bertz CT molecular complexity index is 246. The Kier molecular flexibility index (Phi) is 11.7. The molecular weight excluding hydrogens is 236 g/mol. The summed E-state index contributed by atoms with van der Waals surface area (Å²) in [6.07, 6.45) is 10.1. The van der Waals surface area contributed by atoms with Gasteiger partial charge in [0.1, 0.15) is 0 Å². The number of esters is 1. The fourth-order valence-corrected chi connectivity index (χ4v) is 2.06. The number of ether oxygens (including phenoxy) is 1. The summed E-state index contributed by atoms with van der Waals surface area (Å²) in [6.45, 7) is 10.9. The van der Waals surface area contributed by atoms with E-state index < -0.39 is 0 Å². The lowest BCUT2D eigenvalue weighted by Crippen LogP contribution is -2.15. The van der Waals surface area contributed by atoms with E-state index in [1.54, 1.807) is 0 Å². The van der Waals surface area contributed by atoms with Crippen LogP contribution in [-0.4, -0.2) is 12.6 Å². The Hall–Kier alpha value is -0.790. The van der Waals surface area contributed by atoms with Gasteiger partial charge in [-0.1, -0.05) is 65.9 Å². The molecule has 2 heteroatoms.